The lowest BCUT2D eigenvalue weighted by molar-refractivity contribution is 0.0969. The van der Waals surface area contributed by atoms with Crippen LogP contribution in [0.4, 0.5) is 11.4 Å². The Bertz CT molecular complexity index is 540. The first-order valence-corrected chi connectivity index (χ1v) is 7.30. The predicted octanol–water partition coefficient (Wildman–Crippen LogP) is 1.53. The molecule has 0 aliphatic carbocycles. The average molecular weight is 295 g/mol. The van der Waals surface area contributed by atoms with Crippen molar-refractivity contribution in [3.63, 3.8) is 0 Å². The van der Waals surface area contributed by atoms with E-state index in [-0.39, 0.29) is 0 Å². The number of nitrogens with one attached hydrogen (secondary N) is 1. The van der Waals surface area contributed by atoms with E-state index >= 15 is 0 Å². The minimum Gasteiger partial charge on any atom is -0.399 e. The summed E-state index contributed by atoms with van der Waals surface area (Å²) in [5.41, 5.74) is 12.6. The molecule has 3 aliphatic heterocycles. The summed E-state index contributed by atoms with van der Waals surface area (Å²) >= 11 is 6.24. The van der Waals surface area contributed by atoms with Crippen LogP contribution in [0.1, 0.15) is 23.2 Å². The zero-order valence-electron chi connectivity index (χ0n) is 11.2. The molecule has 4 rings (SSSR count). The summed E-state index contributed by atoms with van der Waals surface area (Å²) in [6, 6.07) is 3.55. The van der Waals surface area contributed by atoms with Crippen LogP contribution in [0.25, 0.3) is 0 Å². The second-order valence-corrected chi connectivity index (χ2v) is 6.09. The predicted molar refractivity (Wildman–Crippen MR) is 81.0 cm³/mol. The van der Waals surface area contributed by atoms with Crippen LogP contribution in [0.15, 0.2) is 12.1 Å². The van der Waals surface area contributed by atoms with Crippen LogP contribution in [-0.4, -0.2) is 36.5 Å². The molecule has 1 atom stereocenters. The molecule has 1 amide bonds. The van der Waals surface area contributed by atoms with Crippen LogP contribution < -0.4 is 16.8 Å². The van der Waals surface area contributed by atoms with E-state index in [1.807, 2.05) is 0 Å². The van der Waals surface area contributed by atoms with Gasteiger partial charge in [0.15, 0.2) is 0 Å². The third-order valence-corrected chi connectivity index (χ3v) is 4.66. The number of piperidine rings is 3. The maximum Gasteiger partial charge on any atom is 0.250 e. The Hall–Kier alpha value is -1.46. The lowest BCUT2D eigenvalue weighted by atomic mass is 9.84. The zero-order valence-corrected chi connectivity index (χ0v) is 12.0. The number of benzene rings is 1. The Labute approximate surface area is 123 Å². The Morgan fingerprint density at radius 2 is 2.05 bits per heavy atom. The highest BCUT2D eigenvalue weighted by molar-refractivity contribution is 6.34. The van der Waals surface area contributed by atoms with Gasteiger partial charge in [-0.1, -0.05) is 11.6 Å². The molecule has 0 saturated carbocycles. The third-order valence-electron chi connectivity index (χ3n) is 4.36. The van der Waals surface area contributed by atoms with Gasteiger partial charge in [0.1, 0.15) is 0 Å². The summed E-state index contributed by atoms with van der Waals surface area (Å²) < 4.78 is 0. The van der Waals surface area contributed by atoms with E-state index in [4.69, 9.17) is 23.1 Å². The van der Waals surface area contributed by atoms with Crippen LogP contribution in [0.3, 0.4) is 0 Å². The summed E-state index contributed by atoms with van der Waals surface area (Å²) in [6.07, 6.45) is 2.38. The number of carbonyl (C=O) groups excluding carboxylic acids is 1. The molecule has 3 saturated heterocycles. The molecular formula is C14H19ClN4O. The molecule has 0 spiro atoms. The van der Waals surface area contributed by atoms with Crippen LogP contribution in [0, 0.1) is 5.92 Å². The second kappa shape index (κ2) is 5.14. The van der Waals surface area contributed by atoms with Gasteiger partial charge in [0, 0.05) is 18.3 Å². The second-order valence-electron chi connectivity index (χ2n) is 5.68. The molecule has 0 radical (unpaired) electrons. The van der Waals surface area contributed by atoms with E-state index in [1.54, 1.807) is 12.1 Å². The summed E-state index contributed by atoms with van der Waals surface area (Å²) in [5.74, 6) is 0.123. The molecule has 1 aromatic rings. The Kier molecular flexibility index (Phi) is 3.48. The number of nitrogens with zero attached hydrogens (tertiary/aromatic N) is 1. The van der Waals surface area contributed by atoms with E-state index < -0.39 is 5.91 Å². The van der Waals surface area contributed by atoms with Crippen molar-refractivity contribution in [3.8, 4) is 0 Å². The third kappa shape index (κ3) is 2.43. The first-order valence-electron chi connectivity index (χ1n) is 6.92. The van der Waals surface area contributed by atoms with Gasteiger partial charge in [-0.2, -0.15) is 0 Å². The van der Waals surface area contributed by atoms with Crippen molar-refractivity contribution in [2.24, 2.45) is 11.7 Å². The first-order chi connectivity index (χ1) is 9.54. The van der Waals surface area contributed by atoms with Gasteiger partial charge in [0.05, 0.1) is 16.3 Å². The maximum atomic E-state index is 11.6. The van der Waals surface area contributed by atoms with E-state index in [0.29, 0.717) is 33.9 Å². The summed E-state index contributed by atoms with van der Waals surface area (Å²) in [4.78, 5) is 14.0. The number of halogens is 1. The SMILES string of the molecule is NC(=O)c1cc(N)cc(Cl)c1NC1CN2CCC1CC2. The molecule has 6 heteroatoms. The number of anilines is 2. The van der Waals surface area contributed by atoms with E-state index in [2.05, 4.69) is 10.2 Å². The van der Waals surface area contributed by atoms with E-state index in [1.165, 1.54) is 25.9 Å². The molecule has 20 heavy (non-hydrogen) atoms. The minimum absolute atomic E-state index is 0.316. The lowest BCUT2D eigenvalue weighted by Crippen LogP contribution is -2.53. The van der Waals surface area contributed by atoms with Gasteiger partial charge in [-0.3, -0.25) is 4.79 Å². The number of hydrogen-bond acceptors (Lipinski definition) is 4. The fraction of sp³-hybridized carbons (Fsp3) is 0.500. The normalized spacial score (nSPS) is 28.4. The number of rotatable bonds is 3. The standard InChI is InChI=1S/C14H19ClN4O/c15-11-6-9(16)5-10(14(17)20)13(11)18-12-7-19-3-1-8(12)2-4-19/h5-6,8,12,18H,1-4,7,16H2,(H2,17,20). The number of carbonyl (C=O) groups is 1. The quantitative estimate of drug-likeness (QED) is 0.738. The van der Waals surface area contributed by atoms with Crippen molar-refractivity contribution in [3.05, 3.63) is 22.7 Å². The van der Waals surface area contributed by atoms with Crippen molar-refractivity contribution in [1.29, 1.82) is 0 Å². The van der Waals surface area contributed by atoms with Gasteiger partial charge in [0.2, 0.25) is 0 Å². The van der Waals surface area contributed by atoms with Crippen LogP contribution in [-0.2, 0) is 0 Å². The fourth-order valence-corrected chi connectivity index (χ4v) is 3.57. The minimum atomic E-state index is -0.511. The first kappa shape index (κ1) is 13.5. The number of amides is 1. The molecule has 1 aromatic carbocycles. The van der Waals surface area contributed by atoms with Crippen molar-refractivity contribution < 1.29 is 4.79 Å². The van der Waals surface area contributed by atoms with Crippen LogP contribution >= 0.6 is 11.6 Å². The summed E-state index contributed by atoms with van der Waals surface area (Å²) in [6.45, 7) is 3.32. The molecule has 1 unspecified atom stereocenters. The van der Waals surface area contributed by atoms with Crippen molar-refractivity contribution in [2.45, 2.75) is 18.9 Å². The smallest absolute Gasteiger partial charge is 0.250 e. The Morgan fingerprint density at radius 3 is 2.60 bits per heavy atom. The molecule has 5 nitrogen and oxygen atoms in total. The average Bonchev–Trinajstić information content (AvgIpc) is 2.42. The van der Waals surface area contributed by atoms with Crippen LogP contribution in [0.2, 0.25) is 5.02 Å². The summed E-state index contributed by atoms with van der Waals surface area (Å²) in [5, 5.41) is 3.88. The van der Waals surface area contributed by atoms with Gasteiger partial charge in [-0.05, 0) is 44.0 Å². The number of nitrogen functional groups attached to an aromatic ring is 1. The number of hydrogen-bond donors (Lipinski definition) is 3. The molecule has 0 aromatic heterocycles. The Morgan fingerprint density at radius 1 is 1.35 bits per heavy atom. The van der Waals surface area contributed by atoms with Crippen molar-refractivity contribution in [1.82, 2.24) is 4.90 Å². The van der Waals surface area contributed by atoms with Gasteiger partial charge >= 0.3 is 0 Å². The molecule has 2 bridgehead atoms. The maximum absolute atomic E-state index is 11.6. The topological polar surface area (TPSA) is 84.4 Å². The largest absolute Gasteiger partial charge is 0.399 e. The molecule has 3 aliphatic rings. The zero-order chi connectivity index (χ0) is 14.3. The lowest BCUT2D eigenvalue weighted by Gasteiger charge is -2.45. The van der Waals surface area contributed by atoms with Crippen LogP contribution in [0.5, 0.6) is 0 Å². The van der Waals surface area contributed by atoms with Crippen molar-refractivity contribution in [2.75, 3.05) is 30.7 Å². The van der Waals surface area contributed by atoms with E-state index in [0.717, 1.165) is 6.54 Å². The molecule has 5 N–H and O–H groups in total. The number of nitrogens with two attached hydrogens (primary N) is 2. The highest BCUT2D eigenvalue weighted by Crippen LogP contribution is 2.34. The number of fused-ring (bicyclic) bond motifs is 3. The fourth-order valence-electron chi connectivity index (χ4n) is 3.28. The Balaban J connectivity index is 1.88. The van der Waals surface area contributed by atoms with Gasteiger partial charge < -0.3 is 21.7 Å². The molecule has 3 heterocycles. The highest BCUT2D eigenvalue weighted by atomic mass is 35.5. The molecular weight excluding hydrogens is 276 g/mol. The van der Waals surface area contributed by atoms with Gasteiger partial charge in [-0.15, -0.1) is 0 Å². The van der Waals surface area contributed by atoms with Gasteiger partial charge in [0.25, 0.3) is 5.91 Å². The van der Waals surface area contributed by atoms with Crippen molar-refractivity contribution >= 4 is 28.9 Å². The van der Waals surface area contributed by atoms with E-state index in [9.17, 15) is 4.79 Å². The highest BCUT2D eigenvalue weighted by Gasteiger charge is 2.34. The molecule has 3 fully saturated rings. The molecule has 108 valence electrons. The van der Waals surface area contributed by atoms with Gasteiger partial charge in [-0.25, -0.2) is 0 Å². The summed E-state index contributed by atoms with van der Waals surface area (Å²) in [7, 11) is 0. The number of primary amides is 1. The monoisotopic (exact) mass is 294 g/mol.